The number of carbonyl (C=O) groups excluding carboxylic acids is 2. The van der Waals surface area contributed by atoms with E-state index in [0.717, 1.165) is 0 Å². The number of hydrazone groups is 1. The van der Waals surface area contributed by atoms with Crippen molar-refractivity contribution in [3.05, 3.63) is 81.7 Å². The summed E-state index contributed by atoms with van der Waals surface area (Å²) in [6.45, 7) is 5.11. The number of para-hydroxylation sites is 1. The molecule has 2 heterocycles. The summed E-state index contributed by atoms with van der Waals surface area (Å²) in [4.78, 5) is 43.6. The number of nitrogens with zero attached hydrogens (tertiary/aromatic N) is 5. The summed E-state index contributed by atoms with van der Waals surface area (Å²) < 4.78 is 1.29. The highest BCUT2D eigenvalue weighted by Crippen LogP contribution is 2.28. The van der Waals surface area contributed by atoms with Crippen LogP contribution in [0.1, 0.15) is 43.0 Å². The van der Waals surface area contributed by atoms with Crippen LogP contribution in [0.15, 0.2) is 69.9 Å². The minimum absolute atomic E-state index is 0.104. The highest BCUT2D eigenvalue weighted by atomic mass is 32.1. The van der Waals surface area contributed by atoms with Crippen LogP contribution in [0.4, 0.5) is 10.8 Å². The van der Waals surface area contributed by atoms with Gasteiger partial charge in [-0.1, -0.05) is 36.4 Å². The Kier molecular flexibility index (Phi) is 6.60. The molecular weight excluding hydrogens is 452 g/mol. The van der Waals surface area contributed by atoms with Gasteiger partial charge in [-0.3, -0.25) is 19.3 Å². The number of hydrogen-bond acceptors (Lipinski definition) is 7. The molecule has 0 spiro atoms. The van der Waals surface area contributed by atoms with Crippen LogP contribution < -0.4 is 15.9 Å². The molecule has 172 valence electrons. The topological polar surface area (TPSA) is 110 Å². The Morgan fingerprint density at radius 1 is 1.09 bits per heavy atom. The standard InChI is InChI=1S/C24H22N6O3S/c1-15(2)30-23(33)20-12-8-7-11-19(20)21(28-30)22(32)27-25-13-17-14-34-24(26-17)29(16(3)31)18-9-5-4-6-10-18/h4-15H,1-3H3,(H,27,32)/b25-13+. The van der Waals surface area contributed by atoms with Gasteiger partial charge in [-0.2, -0.15) is 10.2 Å². The number of hydrogen-bond donors (Lipinski definition) is 1. The average molecular weight is 475 g/mol. The zero-order valence-corrected chi connectivity index (χ0v) is 19.6. The van der Waals surface area contributed by atoms with E-state index in [1.807, 2.05) is 44.2 Å². The van der Waals surface area contributed by atoms with Gasteiger partial charge in [0.1, 0.15) is 0 Å². The summed E-state index contributed by atoms with van der Waals surface area (Å²) in [5, 5.41) is 11.4. The molecular formula is C24H22N6O3S. The molecule has 0 atom stereocenters. The molecule has 0 saturated heterocycles. The first kappa shape index (κ1) is 23.0. The van der Waals surface area contributed by atoms with Gasteiger partial charge >= 0.3 is 0 Å². The van der Waals surface area contributed by atoms with Crippen LogP contribution in [0.25, 0.3) is 10.8 Å². The van der Waals surface area contributed by atoms with Crippen molar-refractivity contribution in [3.63, 3.8) is 0 Å². The SMILES string of the molecule is CC(=O)N(c1ccccc1)c1nc(/C=N/NC(=O)c2nn(C(C)C)c(=O)c3ccccc23)cs1. The number of aromatic nitrogens is 3. The number of amides is 2. The number of fused-ring (bicyclic) bond motifs is 1. The smallest absolute Gasteiger partial charge is 0.274 e. The third-order valence-electron chi connectivity index (χ3n) is 4.93. The summed E-state index contributed by atoms with van der Waals surface area (Å²) in [5.74, 6) is -0.720. The average Bonchev–Trinajstić information content (AvgIpc) is 3.28. The van der Waals surface area contributed by atoms with Crippen molar-refractivity contribution in [2.45, 2.75) is 26.8 Å². The van der Waals surface area contributed by atoms with Crippen LogP contribution in [0.2, 0.25) is 0 Å². The lowest BCUT2D eigenvalue weighted by Crippen LogP contribution is -2.30. The molecule has 1 N–H and O–H groups in total. The molecule has 9 nitrogen and oxygen atoms in total. The molecule has 0 saturated carbocycles. The maximum Gasteiger partial charge on any atom is 0.292 e. The molecule has 0 unspecified atom stereocenters. The number of anilines is 2. The van der Waals surface area contributed by atoms with Crippen molar-refractivity contribution in [1.29, 1.82) is 0 Å². The van der Waals surface area contributed by atoms with Crippen molar-refractivity contribution in [2.24, 2.45) is 5.10 Å². The normalized spacial score (nSPS) is 11.3. The number of nitrogens with one attached hydrogen (secondary N) is 1. The fourth-order valence-corrected chi connectivity index (χ4v) is 4.21. The summed E-state index contributed by atoms with van der Waals surface area (Å²) in [6.07, 6.45) is 1.39. The van der Waals surface area contributed by atoms with Gasteiger partial charge in [0.25, 0.3) is 11.5 Å². The van der Waals surface area contributed by atoms with Crippen molar-refractivity contribution in [2.75, 3.05) is 4.90 Å². The fraction of sp³-hybridized carbons (Fsp3) is 0.167. The van der Waals surface area contributed by atoms with Crippen molar-refractivity contribution in [1.82, 2.24) is 20.2 Å². The second kappa shape index (κ2) is 9.75. The number of rotatable bonds is 6. The van der Waals surface area contributed by atoms with E-state index in [4.69, 9.17) is 0 Å². The Morgan fingerprint density at radius 3 is 2.44 bits per heavy atom. The van der Waals surface area contributed by atoms with E-state index in [1.165, 1.54) is 34.1 Å². The summed E-state index contributed by atoms with van der Waals surface area (Å²) >= 11 is 1.28. The van der Waals surface area contributed by atoms with Gasteiger partial charge in [0.2, 0.25) is 5.91 Å². The first-order valence-corrected chi connectivity index (χ1v) is 11.4. The minimum atomic E-state index is -0.549. The van der Waals surface area contributed by atoms with Crippen molar-refractivity contribution < 1.29 is 9.59 Å². The molecule has 4 rings (SSSR count). The number of thiazole rings is 1. The second-order valence-electron chi connectivity index (χ2n) is 7.68. The summed E-state index contributed by atoms with van der Waals surface area (Å²) in [5.41, 5.74) is 3.49. The molecule has 0 radical (unpaired) electrons. The highest BCUT2D eigenvalue weighted by molar-refractivity contribution is 7.14. The van der Waals surface area contributed by atoms with E-state index in [2.05, 4.69) is 20.6 Å². The molecule has 0 bridgehead atoms. The third-order valence-corrected chi connectivity index (χ3v) is 5.77. The van der Waals surface area contributed by atoms with Crippen molar-refractivity contribution in [3.8, 4) is 0 Å². The lowest BCUT2D eigenvalue weighted by Gasteiger charge is -2.17. The second-order valence-corrected chi connectivity index (χ2v) is 8.52. The van der Waals surface area contributed by atoms with Crippen LogP contribution in [0.5, 0.6) is 0 Å². The molecule has 2 aromatic heterocycles. The Morgan fingerprint density at radius 2 is 1.76 bits per heavy atom. The van der Waals surface area contributed by atoms with Crippen LogP contribution in [-0.2, 0) is 4.79 Å². The molecule has 0 aliphatic heterocycles. The predicted molar refractivity (Wildman–Crippen MR) is 133 cm³/mol. The Labute approximate surface area is 199 Å². The van der Waals surface area contributed by atoms with Crippen LogP contribution >= 0.6 is 11.3 Å². The van der Waals surface area contributed by atoms with Gasteiger partial charge in [0.05, 0.1) is 29.0 Å². The highest BCUT2D eigenvalue weighted by Gasteiger charge is 2.19. The molecule has 34 heavy (non-hydrogen) atoms. The molecule has 0 aliphatic rings. The van der Waals surface area contributed by atoms with E-state index in [0.29, 0.717) is 27.3 Å². The number of carbonyl (C=O) groups is 2. The summed E-state index contributed by atoms with van der Waals surface area (Å²) in [6, 6.07) is 15.8. The molecule has 0 aliphatic carbocycles. The minimum Gasteiger partial charge on any atom is -0.274 e. The molecule has 0 fully saturated rings. The van der Waals surface area contributed by atoms with E-state index in [1.54, 1.807) is 29.6 Å². The molecule has 2 amide bonds. The quantitative estimate of drug-likeness (QED) is 0.337. The van der Waals surface area contributed by atoms with Gasteiger partial charge < -0.3 is 0 Å². The van der Waals surface area contributed by atoms with Crippen LogP contribution in [0, 0.1) is 0 Å². The fourth-order valence-electron chi connectivity index (χ4n) is 3.38. The first-order chi connectivity index (χ1) is 16.4. The zero-order chi connectivity index (χ0) is 24.2. The largest absolute Gasteiger partial charge is 0.292 e. The third kappa shape index (κ3) is 4.62. The van der Waals surface area contributed by atoms with Crippen molar-refractivity contribution >= 4 is 51.0 Å². The maximum absolute atomic E-state index is 12.8. The predicted octanol–water partition coefficient (Wildman–Crippen LogP) is 3.88. The molecule has 2 aromatic carbocycles. The first-order valence-electron chi connectivity index (χ1n) is 10.5. The van der Waals surface area contributed by atoms with Gasteiger partial charge in [0.15, 0.2) is 10.8 Å². The lowest BCUT2D eigenvalue weighted by atomic mass is 10.1. The molecule has 10 heteroatoms. The van der Waals surface area contributed by atoms with Crippen LogP contribution in [0.3, 0.4) is 0 Å². The Hall–Kier alpha value is -4.18. The van der Waals surface area contributed by atoms with E-state index in [-0.39, 0.29) is 23.2 Å². The van der Waals surface area contributed by atoms with Gasteiger partial charge in [0, 0.05) is 17.7 Å². The van der Waals surface area contributed by atoms with Gasteiger partial charge in [-0.05, 0) is 32.0 Å². The lowest BCUT2D eigenvalue weighted by molar-refractivity contribution is -0.115. The van der Waals surface area contributed by atoms with E-state index < -0.39 is 5.91 Å². The zero-order valence-electron chi connectivity index (χ0n) is 18.8. The Balaban J connectivity index is 1.56. The molecule has 4 aromatic rings. The Bertz CT molecular complexity index is 1440. The maximum atomic E-state index is 12.8. The summed E-state index contributed by atoms with van der Waals surface area (Å²) in [7, 11) is 0. The van der Waals surface area contributed by atoms with E-state index in [9.17, 15) is 14.4 Å². The van der Waals surface area contributed by atoms with Gasteiger partial charge in [-0.25, -0.2) is 15.1 Å². The van der Waals surface area contributed by atoms with Gasteiger partial charge in [-0.15, -0.1) is 11.3 Å². The number of benzene rings is 2. The monoisotopic (exact) mass is 474 g/mol. The van der Waals surface area contributed by atoms with E-state index >= 15 is 0 Å². The van der Waals surface area contributed by atoms with Crippen LogP contribution in [-0.4, -0.2) is 32.8 Å².